The fourth-order valence-corrected chi connectivity index (χ4v) is 4.42. The summed E-state index contributed by atoms with van der Waals surface area (Å²) in [7, 11) is 3.19. The zero-order valence-electron chi connectivity index (χ0n) is 17.1. The predicted molar refractivity (Wildman–Crippen MR) is 121 cm³/mol. The van der Waals surface area contributed by atoms with Crippen molar-refractivity contribution in [2.45, 2.75) is 9.79 Å². The SMILES string of the molecule is COc1cccc(-c2cc(F)ccc2Sc2ccc(F)cc2-c2cccc(OC)c2)c1. The van der Waals surface area contributed by atoms with Crippen molar-refractivity contribution in [2.75, 3.05) is 14.2 Å². The normalized spacial score (nSPS) is 10.7. The van der Waals surface area contributed by atoms with Gasteiger partial charge in [-0.2, -0.15) is 0 Å². The Kier molecular flexibility index (Phi) is 6.23. The number of methoxy groups -OCH3 is 2. The van der Waals surface area contributed by atoms with Gasteiger partial charge in [0, 0.05) is 9.79 Å². The Labute approximate surface area is 184 Å². The van der Waals surface area contributed by atoms with E-state index in [-0.39, 0.29) is 11.6 Å². The van der Waals surface area contributed by atoms with Gasteiger partial charge < -0.3 is 9.47 Å². The number of hydrogen-bond donors (Lipinski definition) is 0. The molecule has 0 N–H and O–H groups in total. The third-order valence-corrected chi connectivity index (χ3v) is 6.02. The van der Waals surface area contributed by atoms with Gasteiger partial charge in [0.1, 0.15) is 23.1 Å². The molecule has 0 aliphatic rings. The molecule has 0 saturated carbocycles. The average Bonchev–Trinajstić information content (AvgIpc) is 2.81. The molecule has 0 bridgehead atoms. The molecule has 0 aliphatic carbocycles. The van der Waals surface area contributed by atoms with Crippen molar-refractivity contribution in [2.24, 2.45) is 0 Å². The number of halogens is 2. The first-order valence-electron chi connectivity index (χ1n) is 9.63. The Morgan fingerprint density at radius 2 is 1.03 bits per heavy atom. The van der Waals surface area contributed by atoms with Gasteiger partial charge in [-0.3, -0.25) is 0 Å². The number of hydrogen-bond acceptors (Lipinski definition) is 3. The minimum absolute atomic E-state index is 0.325. The van der Waals surface area contributed by atoms with Crippen LogP contribution in [0, 0.1) is 11.6 Å². The maximum absolute atomic E-state index is 14.1. The van der Waals surface area contributed by atoms with Gasteiger partial charge in [0.25, 0.3) is 0 Å². The first-order chi connectivity index (χ1) is 15.1. The van der Waals surface area contributed by atoms with E-state index in [1.54, 1.807) is 26.4 Å². The third kappa shape index (κ3) is 4.72. The van der Waals surface area contributed by atoms with Crippen LogP contribution in [0.4, 0.5) is 8.78 Å². The van der Waals surface area contributed by atoms with Crippen molar-refractivity contribution in [3.63, 3.8) is 0 Å². The van der Waals surface area contributed by atoms with Crippen LogP contribution in [0.15, 0.2) is 94.7 Å². The first kappa shape index (κ1) is 20.9. The highest BCUT2D eigenvalue weighted by molar-refractivity contribution is 7.99. The molecule has 31 heavy (non-hydrogen) atoms. The second-order valence-electron chi connectivity index (χ2n) is 6.85. The number of benzene rings is 4. The lowest BCUT2D eigenvalue weighted by Crippen LogP contribution is -1.90. The van der Waals surface area contributed by atoms with Crippen LogP contribution >= 0.6 is 11.8 Å². The summed E-state index contributed by atoms with van der Waals surface area (Å²) in [6, 6.07) is 24.3. The highest BCUT2D eigenvalue weighted by Crippen LogP contribution is 2.42. The van der Waals surface area contributed by atoms with E-state index in [0.717, 1.165) is 32.0 Å². The average molecular weight is 435 g/mol. The molecule has 156 valence electrons. The molecule has 0 fully saturated rings. The van der Waals surface area contributed by atoms with Gasteiger partial charge in [-0.1, -0.05) is 36.0 Å². The molecule has 4 aromatic carbocycles. The maximum Gasteiger partial charge on any atom is 0.123 e. The Balaban J connectivity index is 1.80. The summed E-state index contributed by atoms with van der Waals surface area (Å²) in [5.74, 6) is 0.733. The molecular formula is C26H20F2O2S. The summed E-state index contributed by atoms with van der Waals surface area (Å²) in [6.07, 6.45) is 0. The van der Waals surface area contributed by atoms with Crippen LogP contribution in [0.25, 0.3) is 22.3 Å². The van der Waals surface area contributed by atoms with Crippen molar-refractivity contribution in [1.29, 1.82) is 0 Å². The quantitative estimate of drug-likeness (QED) is 0.314. The van der Waals surface area contributed by atoms with E-state index < -0.39 is 0 Å². The Hall–Kier alpha value is -3.31. The van der Waals surface area contributed by atoms with Crippen LogP contribution in [0.2, 0.25) is 0 Å². The fraction of sp³-hybridized carbons (Fsp3) is 0.0769. The molecule has 4 rings (SSSR count). The predicted octanol–water partition coefficient (Wildman–Crippen LogP) is 7.47. The van der Waals surface area contributed by atoms with E-state index in [1.165, 1.54) is 36.0 Å². The van der Waals surface area contributed by atoms with Crippen LogP contribution in [0.1, 0.15) is 0 Å². The second kappa shape index (κ2) is 9.23. The second-order valence-corrected chi connectivity index (χ2v) is 7.93. The van der Waals surface area contributed by atoms with Crippen molar-refractivity contribution in [1.82, 2.24) is 0 Å². The van der Waals surface area contributed by atoms with Gasteiger partial charge in [0.2, 0.25) is 0 Å². The number of rotatable bonds is 6. The molecule has 0 unspecified atom stereocenters. The van der Waals surface area contributed by atoms with Crippen molar-refractivity contribution in [3.05, 3.63) is 96.6 Å². The third-order valence-electron chi connectivity index (χ3n) is 4.86. The molecule has 4 aromatic rings. The molecule has 0 amide bonds. The van der Waals surface area contributed by atoms with Crippen LogP contribution in [0.3, 0.4) is 0 Å². The topological polar surface area (TPSA) is 18.5 Å². The van der Waals surface area contributed by atoms with Gasteiger partial charge in [-0.25, -0.2) is 8.78 Å². The zero-order valence-corrected chi connectivity index (χ0v) is 17.9. The largest absolute Gasteiger partial charge is 0.497 e. The lowest BCUT2D eigenvalue weighted by molar-refractivity contribution is 0.415. The lowest BCUT2D eigenvalue weighted by Gasteiger charge is -2.14. The summed E-state index contributed by atoms with van der Waals surface area (Å²) in [4.78, 5) is 1.70. The van der Waals surface area contributed by atoms with Crippen molar-refractivity contribution >= 4 is 11.8 Å². The summed E-state index contributed by atoms with van der Waals surface area (Å²) in [5.41, 5.74) is 3.16. The zero-order chi connectivity index (χ0) is 21.8. The van der Waals surface area contributed by atoms with Gasteiger partial charge >= 0.3 is 0 Å². The van der Waals surface area contributed by atoms with E-state index in [1.807, 2.05) is 48.5 Å². The highest BCUT2D eigenvalue weighted by Gasteiger charge is 2.14. The Morgan fingerprint density at radius 3 is 1.45 bits per heavy atom. The van der Waals surface area contributed by atoms with Crippen LogP contribution in [-0.4, -0.2) is 14.2 Å². The van der Waals surface area contributed by atoms with Gasteiger partial charge in [-0.15, -0.1) is 0 Å². The van der Waals surface area contributed by atoms with E-state index in [9.17, 15) is 8.78 Å². The lowest BCUT2D eigenvalue weighted by atomic mass is 10.1. The monoisotopic (exact) mass is 434 g/mol. The van der Waals surface area contributed by atoms with Gasteiger partial charge in [0.05, 0.1) is 14.2 Å². The first-order valence-corrected chi connectivity index (χ1v) is 10.4. The molecule has 0 spiro atoms. The molecule has 0 aromatic heterocycles. The minimum Gasteiger partial charge on any atom is -0.497 e. The Bertz CT molecular complexity index is 1130. The number of ether oxygens (including phenoxy) is 2. The van der Waals surface area contributed by atoms with E-state index in [2.05, 4.69) is 0 Å². The summed E-state index contributed by atoms with van der Waals surface area (Å²) < 4.78 is 38.9. The van der Waals surface area contributed by atoms with Crippen LogP contribution < -0.4 is 9.47 Å². The molecular weight excluding hydrogens is 414 g/mol. The smallest absolute Gasteiger partial charge is 0.123 e. The molecule has 0 heterocycles. The molecule has 0 atom stereocenters. The van der Waals surface area contributed by atoms with E-state index in [4.69, 9.17) is 9.47 Å². The highest BCUT2D eigenvalue weighted by atomic mass is 32.2. The Morgan fingerprint density at radius 1 is 0.581 bits per heavy atom. The standard InChI is InChI=1S/C26H20F2O2S/c1-29-21-7-3-5-17(13-21)23-15-19(27)9-11-25(23)31-26-12-10-20(28)16-24(26)18-6-4-8-22(14-18)30-2/h3-16H,1-2H3. The molecule has 5 heteroatoms. The fourth-order valence-electron chi connectivity index (χ4n) is 3.33. The van der Waals surface area contributed by atoms with Crippen LogP contribution in [0.5, 0.6) is 11.5 Å². The van der Waals surface area contributed by atoms with Gasteiger partial charge in [0.15, 0.2) is 0 Å². The van der Waals surface area contributed by atoms with Crippen LogP contribution in [-0.2, 0) is 0 Å². The molecule has 0 saturated heterocycles. The minimum atomic E-state index is -0.325. The van der Waals surface area contributed by atoms with E-state index in [0.29, 0.717) is 11.5 Å². The van der Waals surface area contributed by atoms with Gasteiger partial charge in [-0.05, 0) is 82.9 Å². The van der Waals surface area contributed by atoms with Crippen molar-refractivity contribution < 1.29 is 18.3 Å². The summed E-state index contributed by atoms with van der Waals surface area (Å²) in [5, 5.41) is 0. The molecule has 0 aliphatic heterocycles. The summed E-state index contributed by atoms with van der Waals surface area (Å²) >= 11 is 1.46. The van der Waals surface area contributed by atoms with E-state index >= 15 is 0 Å². The summed E-state index contributed by atoms with van der Waals surface area (Å²) in [6.45, 7) is 0. The van der Waals surface area contributed by atoms with Crippen molar-refractivity contribution in [3.8, 4) is 33.8 Å². The molecule has 0 radical (unpaired) electrons. The maximum atomic E-state index is 14.1. The molecule has 2 nitrogen and oxygen atoms in total.